The largest absolute Gasteiger partial charge is 0.483 e. The van der Waals surface area contributed by atoms with Crippen LogP contribution in [-0.2, 0) is 16.1 Å². The average Bonchev–Trinajstić information content (AvgIpc) is 2.73. The van der Waals surface area contributed by atoms with Crippen LogP contribution >= 0.6 is 50.7 Å². The number of carbonyl (C=O) groups is 2. The summed E-state index contributed by atoms with van der Waals surface area (Å²) in [5, 5.41) is 4.23. The van der Waals surface area contributed by atoms with Crippen molar-refractivity contribution in [3.8, 4) is 5.75 Å². The number of hydrogen-bond donors (Lipinski definition) is 1. The first-order chi connectivity index (χ1) is 14.8. The second kappa shape index (κ2) is 12.5. The maximum absolute atomic E-state index is 13.2. The van der Waals surface area contributed by atoms with Crippen molar-refractivity contribution in [1.29, 1.82) is 0 Å². The van der Waals surface area contributed by atoms with Gasteiger partial charge in [-0.05, 0) is 64.7 Å². The van der Waals surface area contributed by atoms with E-state index in [9.17, 15) is 9.59 Å². The highest BCUT2D eigenvalue weighted by atomic mass is 79.9. The number of carbonyl (C=O) groups excluding carboxylic acids is 2. The van der Waals surface area contributed by atoms with E-state index < -0.39 is 6.04 Å². The minimum Gasteiger partial charge on any atom is -0.483 e. The molecule has 2 aromatic carbocycles. The normalized spacial score (nSPS) is 11.7. The highest BCUT2D eigenvalue weighted by Gasteiger charge is 2.29. The lowest BCUT2D eigenvalue weighted by atomic mass is 10.1. The van der Waals surface area contributed by atoms with Gasteiger partial charge in [-0.1, -0.05) is 54.7 Å². The first kappa shape index (κ1) is 25.8. The van der Waals surface area contributed by atoms with E-state index in [2.05, 4.69) is 21.2 Å². The Hall–Kier alpha value is -1.47. The molecule has 0 fully saturated rings. The van der Waals surface area contributed by atoms with E-state index in [0.717, 1.165) is 12.0 Å². The number of benzene rings is 2. The maximum Gasteiger partial charge on any atom is 0.261 e. The molecule has 2 rings (SSSR count). The number of nitrogens with zero attached hydrogens (tertiary/aromatic N) is 1. The van der Waals surface area contributed by atoms with Crippen molar-refractivity contribution in [2.45, 2.75) is 39.3 Å². The molecule has 0 aliphatic heterocycles. The van der Waals surface area contributed by atoms with Gasteiger partial charge in [0.15, 0.2) is 6.61 Å². The molecule has 0 aliphatic rings. The summed E-state index contributed by atoms with van der Waals surface area (Å²) in [5.41, 5.74) is 0.761. The summed E-state index contributed by atoms with van der Waals surface area (Å²) in [6.45, 7) is 4.33. The molecule has 0 aliphatic carbocycles. The zero-order chi connectivity index (χ0) is 23.0. The molecule has 0 spiro atoms. The van der Waals surface area contributed by atoms with Crippen LogP contribution in [0.5, 0.6) is 5.75 Å². The maximum atomic E-state index is 13.2. The molecule has 0 bridgehead atoms. The first-order valence-corrected chi connectivity index (χ1v) is 11.8. The Morgan fingerprint density at radius 3 is 2.45 bits per heavy atom. The molecule has 0 saturated heterocycles. The molecule has 1 atom stereocenters. The Kier molecular flexibility index (Phi) is 10.4. The molecule has 2 amide bonds. The topological polar surface area (TPSA) is 58.6 Å². The Morgan fingerprint density at radius 1 is 1.10 bits per heavy atom. The monoisotopic (exact) mass is 548 g/mol. The lowest BCUT2D eigenvalue weighted by molar-refractivity contribution is -0.143. The standard InChI is InChI=1S/C22H24BrCl3N2O3/c1-3-9-27-22(30)19(4-2)28(12-14-5-7-17(25)18(26)10-14)21(29)13-31-20-8-6-15(24)11-16(20)23/h5-8,10-11,19H,3-4,9,12-13H2,1-2H3,(H,27,30)/t19-/m0/s1. The number of ether oxygens (including phenoxy) is 1. The zero-order valence-electron chi connectivity index (χ0n) is 17.3. The molecular formula is C22H24BrCl3N2O3. The summed E-state index contributed by atoms with van der Waals surface area (Å²) < 4.78 is 6.33. The lowest BCUT2D eigenvalue weighted by Gasteiger charge is -2.30. The predicted octanol–water partition coefficient (Wildman–Crippen LogP) is 6.12. The first-order valence-electron chi connectivity index (χ1n) is 9.85. The second-order valence-corrected chi connectivity index (χ2v) is 8.95. The molecule has 1 N–H and O–H groups in total. The van der Waals surface area contributed by atoms with Crippen LogP contribution in [0.4, 0.5) is 0 Å². The quantitative estimate of drug-likeness (QED) is 0.388. The molecule has 0 aromatic heterocycles. The van der Waals surface area contributed by atoms with E-state index in [1.165, 1.54) is 4.90 Å². The minimum atomic E-state index is -0.647. The van der Waals surface area contributed by atoms with Gasteiger partial charge in [0.2, 0.25) is 5.91 Å². The highest BCUT2D eigenvalue weighted by molar-refractivity contribution is 9.10. The van der Waals surface area contributed by atoms with E-state index in [0.29, 0.717) is 38.3 Å². The van der Waals surface area contributed by atoms with Gasteiger partial charge in [-0.2, -0.15) is 0 Å². The van der Waals surface area contributed by atoms with Crippen LogP contribution in [0.1, 0.15) is 32.3 Å². The fourth-order valence-corrected chi connectivity index (χ4v) is 4.05. The SMILES string of the molecule is CCCNC(=O)[C@H](CC)N(Cc1ccc(Cl)c(Cl)c1)C(=O)COc1ccc(Cl)cc1Br. The summed E-state index contributed by atoms with van der Waals surface area (Å²) in [4.78, 5) is 27.4. The fraction of sp³-hybridized carbons (Fsp3) is 0.364. The number of nitrogens with one attached hydrogen (secondary N) is 1. The van der Waals surface area contributed by atoms with E-state index in [-0.39, 0.29) is 25.0 Å². The Labute approximate surface area is 206 Å². The summed E-state index contributed by atoms with van der Waals surface area (Å²) in [7, 11) is 0. The van der Waals surface area contributed by atoms with Gasteiger partial charge in [-0.3, -0.25) is 9.59 Å². The van der Waals surface area contributed by atoms with Crippen LogP contribution in [-0.4, -0.2) is 35.9 Å². The smallest absolute Gasteiger partial charge is 0.261 e. The van der Waals surface area contributed by atoms with Gasteiger partial charge < -0.3 is 15.0 Å². The molecule has 0 saturated carbocycles. The molecule has 0 radical (unpaired) electrons. The van der Waals surface area contributed by atoms with Crippen LogP contribution in [0.25, 0.3) is 0 Å². The van der Waals surface area contributed by atoms with Crippen LogP contribution in [0.2, 0.25) is 15.1 Å². The third kappa shape index (κ3) is 7.56. The molecule has 0 heterocycles. The molecule has 2 aromatic rings. The van der Waals surface area contributed by atoms with Gasteiger partial charge >= 0.3 is 0 Å². The van der Waals surface area contributed by atoms with Crippen LogP contribution < -0.4 is 10.1 Å². The average molecular weight is 551 g/mol. The van der Waals surface area contributed by atoms with Crippen molar-refractivity contribution in [3.05, 3.63) is 61.5 Å². The van der Waals surface area contributed by atoms with E-state index in [1.807, 2.05) is 13.8 Å². The van der Waals surface area contributed by atoms with Crippen molar-refractivity contribution in [3.63, 3.8) is 0 Å². The summed E-state index contributed by atoms with van der Waals surface area (Å²) in [6.07, 6.45) is 1.25. The van der Waals surface area contributed by atoms with Crippen molar-refractivity contribution in [1.82, 2.24) is 10.2 Å². The summed E-state index contributed by atoms with van der Waals surface area (Å²) in [6, 6.07) is 9.52. The van der Waals surface area contributed by atoms with Crippen molar-refractivity contribution < 1.29 is 14.3 Å². The highest BCUT2D eigenvalue weighted by Crippen LogP contribution is 2.28. The minimum absolute atomic E-state index is 0.193. The second-order valence-electron chi connectivity index (χ2n) is 6.85. The van der Waals surface area contributed by atoms with Crippen molar-refractivity contribution >= 4 is 62.5 Å². The predicted molar refractivity (Wildman–Crippen MR) is 129 cm³/mol. The van der Waals surface area contributed by atoms with Crippen molar-refractivity contribution in [2.75, 3.05) is 13.2 Å². The summed E-state index contributed by atoms with van der Waals surface area (Å²) in [5.74, 6) is -0.0485. The Balaban J connectivity index is 2.24. The Bertz CT molecular complexity index is 927. The van der Waals surface area contributed by atoms with Gasteiger partial charge in [-0.25, -0.2) is 0 Å². The molecule has 5 nitrogen and oxygen atoms in total. The van der Waals surface area contributed by atoms with Gasteiger partial charge in [0.05, 0.1) is 14.5 Å². The van der Waals surface area contributed by atoms with Crippen LogP contribution in [0, 0.1) is 0 Å². The van der Waals surface area contributed by atoms with Gasteiger partial charge in [-0.15, -0.1) is 0 Å². The van der Waals surface area contributed by atoms with E-state index in [4.69, 9.17) is 39.5 Å². The van der Waals surface area contributed by atoms with Gasteiger partial charge in [0.25, 0.3) is 5.91 Å². The van der Waals surface area contributed by atoms with E-state index in [1.54, 1.807) is 36.4 Å². The Morgan fingerprint density at radius 2 is 1.84 bits per heavy atom. The van der Waals surface area contributed by atoms with E-state index >= 15 is 0 Å². The number of halogens is 4. The third-order valence-corrected chi connectivity index (χ3v) is 6.11. The lowest BCUT2D eigenvalue weighted by Crippen LogP contribution is -2.50. The zero-order valence-corrected chi connectivity index (χ0v) is 21.1. The molecule has 31 heavy (non-hydrogen) atoms. The van der Waals surface area contributed by atoms with Crippen LogP contribution in [0.3, 0.4) is 0 Å². The molecule has 168 valence electrons. The van der Waals surface area contributed by atoms with Gasteiger partial charge in [0, 0.05) is 18.1 Å². The van der Waals surface area contributed by atoms with Gasteiger partial charge in [0.1, 0.15) is 11.8 Å². The van der Waals surface area contributed by atoms with Crippen molar-refractivity contribution in [2.24, 2.45) is 0 Å². The molecule has 0 unspecified atom stereocenters. The number of hydrogen-bond acceptors (Lipinski definition) is 3. The third-order valence-electron chi connectivity index (χ3n) is 4.52. The van der Waals surface area contributed by atoms with Crippen LogP contribution in [0.15, 0.2) is 40.9 Å². The molecular weight excluding hydrogens is 527 g/mol. The summed E-state index contributed by atoms with van der Waals surface area (Å²) >= 11 is 21.5. The number of rotatable bonds is 10. The fourth-order valence-electron chi connectivity index (χ4n) is 2.93. The number of amides is 2. The molecule has 9 heteroatoms.